The van der Waals surface area contributed by atoms with Crippen molar-refractivity contribution in [2.45, 2.75) is 50.4 Å². The number of hydrogen-bond donors (Lipinski definition) is 3. The van der Waals surface area contributed by atoms with Crippen LogP contribution in [0.15, 0.2) is 52.7 Å². The first kappa shape index (κ1) is 32.1. The van der Waals surface area contributed by atoms with Gasteiger partial charge in [0.05, 0.1) is 11.3 Å². The number of alkyl halides is 2. The molecule has 0 radical (unpaired) electrons. The van der Waals surface area contributed by atoms with Crippen LogP contribution in [0.4, 0.5) is 13.2 Å². The first-order valence-electron chi connectivity index (χ1n) is 14.3. The molecule has 3 aliphatic heterocycles. The first-order valence-corrected chi connectivity index (χ1v) is 17.0. The number of amidine groups is 1. The number of nitrogens with zero attached hydrogens (tertiary/aromatic N) is 6. The maximum atomic E-state index is 14.1. The van der Waals surface area contributed by atoms with Crippen molar-refractivity contribution < 1.29 is 31.8 Å². The van der Waals surface area contributed by atoms with Crippen LogP contribution in [0.1, 0.15) is 55.0 Å². The van der Waals surface area contributed by atoms with E-state index in [0.717, 1.165) is 12.3 Å². The van der Waals surface area contributed by atoms with E-state index in [4.69, 9.17) is 16.6 Å². The van der Waals surface area contributed by atoms with Crippen molar-refractivity contribution in [3.05, 3.63) is 74.8 Å². The fraction of sp³-hybridized carbons (Fsp3) is 0.464. The molecule has 5 heterocycles. The molecule has 1 aromatic carbocycles. The van der Waals surface area contributed by atoms with Gasteiger partial charge in [0.1, 0.15) is 11.9 Å². The number of aliphatic hydroxyl groups is 2. The molecule has 2 aromatic heterocycles. The Bertz CT molecular complexity index is 1730. The summed E-state index contributed by atoms with van der Waals surface area (Å²) in [6, 6.07) is 3.76. The van der Waals surface area contributed by atoms with E-state index in [2.05, 4.69) is 14.8 Å². The highest BCUT2D eigenvalue weighted by Gasteiger charge is 2.44. The van der Waals surface area contributed by atoms with Crippen molar-refractivity contribution in [2.24, 2.45) is 10.9 Å². The van der Waals surface area contributed by atoms with E-state index in [1.807, 2.05) is 4.90 Å². The minimum absolute atomic E-state index is 0.0720. The quantitative estimate of drug-likeness (QED) is 0.312. The lowest BCUT2D eigenvalue weighted by Crippen LogP contribution is -2.54. The number of aliphatic imine (C=N–C) groups is 1. The van der Waals surface area contributed by atoms with Gasteiger partial charge in [-0.2, -0.15) is 31.3 Å². The molecule has 1 unspecified atom stereocenters. The monoisotopic (exact) mass is 685 g/mol. The number of hydrogen-bond acceptors (Lipinski definition) is 9. The van der Waals surface area contributed by atoms with Gasteiger partial charge in [-0.15, -0.1) is 11.3 Å². The molecular formula is C28H31ClF3N7O4S2. The zero-order valence-electron chi connectivity index (χ0n) is 24.0. The van der Waals surface area contributed by atoms with Gasteiger partial charge in [0.15, 0.2) is 10.8 Å². The van der Waals surface area contributed by atoms with Crippen LogP contribution >= 0.6 is 22.9 Å². The molecule has 11 nitrogen and oxygen atoms in total. The Morgan fingerprint density at radius 2 is 2.00 bits per heavy atom. The number of fused-ring (bicyclic) bond motifs is 1. The summed E-state index contributed by atoms with van der Waals surface area (Å²) >= 11 is 7.83. The Balaban J connectivity index is 1.38. The van der Waals surface area contributed by atoms with Gasteiger partial charge in [0.2, 0.25) is 0 Å². The molecule has 3 atom stereocenters. The lowest BCUT2D eigenvalue weighted by atomic mass is 9.81. The van der Waals surface area contributed by atoms with Gasteiger partial charge in [-0.05, 0) is 31.0 Å². The fourth-order valence-electron chi connectivity index (χ4n) is 6.09. The summed E-state index contributed by atoms with van der Waals surface area (Å²) in [7, 11) is -4.00. The van der Waals surface area contributed by atoms with Crippen molar-refractivity contribution >= 4 is 44.6 Å². The second-order valence-corrected chi connectivity index (χ2v) is 14.4. The van der Waals surface area contributed by atoms with Crippen LogP contribution in [-0.2, 0) is 10.2 Å². The molecular weight excluding hydrogens is 655 g/mol. The van der Waals surface area contributed by atoms with Crippen LogP contribution in [0.5, 0.6) is 0 Å². The number of halogens is 4. The third-order valence-electron chi connectivity index (χ3n) is 8.66. The largest absolute Gasteiger partial charge is 0.396 e. The standard InChI is InChI=1S/C28H31ClF3N7O4S2/c1-16(15-40)28(41)5-9-37(10-6-28)45(42,43)36-18-13-22-23(21-4-8-39(35-21)27(31)32)24(19-3-2-17(30)12-20(19)29)34-25(38(22)14-18)26-33-7-11-44-26/h2-4,7-8,11-12,16,18,24,27,36,40-41H,5-6,9-10,13-15H2,1H3/t16?,18-,24-/m0/s1. The van der Waals surface area contributed by atoms with Crippen molar-refractivity contribution in [2.75, 3.05) is 26.2 Å². The minimum Gasteiger partial charge on any atom is -0.396 e. The highest BCUT2D eigenvalue weighted by molar-refractivity contribution is 7.87. The van der Waals surface area contributed by atoms with Gasteiger partial charge in [-0.1, -0.05) is 24.6 Å². The van der Waals surface area contributed by atoms with E-state index < -0.39 is 46.2 Å². The third kappa shape index (κ3) is 6.16. The molecule has 6 rings (SSSR count). The lowest BCUT2D eigenvalue weighted by molar-refractivity contribution is -0.0649. The third-order valence-corrected chi connectivity index (χ3v) is 11.4. The van der Waals surface area contributed by atoms with E-state index >= 15 is 0 Å². The molecule has 242 valence electrons. The van der Waals surface area contributed by atoms with E-state index in [0.29, 0.717) is 32.4 Å². The maximum absolute atomic E-state index is 14.1. The number of nitrogens with one attached hydrogen (secondary N) is 1. The van der Waals surface area contributed by atoms with Gasteiger partial charge in [-0.25, -0.2) is 14.1 Å². The second-order valence-electron chi connectivity index (χ2n) is 11.4. The first-order chi connectivity index (χ1) is 21.4. The van der Waals surface area contributed by atoms with Gasteiger partial charge in [-0.3, -0.25) is 4.99 Å². The molecule has 0 aliphatic carbocycles. The Labute approximate surface area is 266 Å². The molecule has 2 fully saturated rings. The number of benzene rings is 1. The summed E-state index contributed by atoms with van der Waals surface area (Å²) in [4.78, 5) is 11.2. The molecule has 3 aromatic rings. The SMILES string of the molecule is CC(CO)C1(O)CCN(S(=O)(=O)N[C@H]2CC3=C(c4ccn(C(F)F)n4)[C@H](c4ccc(F)cc4Cl)N=C(c4nccs4)N3C2)CC1. The fourth-order valence-corrected chi connectivity index (χ4v) is 8.40. The van der Waals surface area contributed by atoms with Crippen LogP contribution < -0.4 is 4.72 Å². The van der Waals surface area contributed by atoms with E-state index in [1.54, 1.807) is 18.5 Å². The van der Waals surface area contributed by atoms with Crippen LogP contribution in [0.25, 0.3) is 5.57 Å². The smallest absolute Gasteiger partial charge is 0.333 e. The topological polar surface area (TPSA) is 136 Å². The number of rotatable bonds is 9. The second kappa shape index (κ2) is 12.4. The van der Waals surface area contributed by atoms with Gasteiger partial charge in [0, 0.05) is 84.3 Å². The van der Waals surface area contributed by atoms with Crippen molar-refractivity contribution in [1.82, 2.24) is 28.7 Å². The predicted octanol–water partition coefficient (Wildman–Crippen LogP) is 3.80. The Morgan fingerprint density at radius 3 is 2.62 bits per heavy atom. The molecule has 0 bridgehead atoms. The molecule has 0 amide bonds. The number of thiazole rings is 1. The molecule has 45 heavy (non-hydrogen) atoms. The summed E-state index contributed by atoms with van der Waals surface area (Å²) in [5.74, 6) is -0.518. The van der Waals surface area contributed by atoms with Crippen molar-refractivity contribution in [3.63, 3.8) is 0 Å². The summed E-state index contributed by atoms with van der Waals surface area (Å²) in [5, 5.41) is 26.9. The van der Waals surface area contributed by atoms with E-state index in [9.17, 15) is 31.8 Å². The van der Waals surface area contributed by atoms with Gasteiger partial charge >= 0.3 is 6.55 Å². The summed E-state index contributed by atoms with van der Waals surface area (Å²) in [5.41, 5.74) is 0.483. The Morgan fingerprint density at radius 1 is 1.24 bits per heavy atom. The lowest BCUT2D eigenvalue weighted by Gasteiger charge is -2.40. The Hall–Kier alpha value is -2.86. The van der Waals surface area contributed by atoms with Gasteiger partial charge in [0.25, 0.3) is 10.2 Å². The number of aromatic nitrogens is 3. The number of piperidine rings is 1. The van der Waals surface area contributed by atoms with Crippen LogP contribution in [0.3, 0.4) is 0 Å². The molecule has 3 aliphatic rings. The average molecular weight is 686 g/mol. The average Bonchev–Trinajstić information content (AvgIpc) is 3.77. The zero-order valence-corrected chi connectivity index (χ0v) is 26.4. The Kier molecular flexibility index (Phi) is 8.84. The van der Waals surface area contributed by atoms with E-state index in [-0.39, 0.29) is 56.2 Å². The molecule has 3 N–H and O–H groups in total. The van der Waals surface area contributed by atoms with Crippen LogP contribution in [0.2, 0.25) is 5.02 Å². The van der Waals surface area contributed by atoms with Crippen LogP contribution in [0, 0.1) is 11.7 Å². The normalized spacial score (nSPS) is 23.0. The highest BCUT2D eigenvalue weighted by atomic mass is 35.5. The highest BCUT2D eigenvalue weighted by Crippen LogP contribution is 2.46. The zero-order chi connectivity index (χ0) is 32.1. The van der Waals surface area contributed by atoms with E-state index in [1.165, 1.54) is 33.8 Å². The molecule has 0 saturated carbocycles. The maximum Gasteiger partial charge on any atom is 0.333 e. The number of aliphatic hydroxyl groups excluding tert-OH is 1. The predicted molar refractivity (Wildman–Crippen MR) is 162 cm³/mol. The summed E-state index contributed by atoms with van der Waals surface area (Å²) in [6.45, 7) is -1.07. The molecule has 17 heteroatoms. The van der Waals surface area contributed by atoms with Crippen molar-refractivity contribution in [3.8, 4) is 0 Å². The summed E-state index contributed by atoms with van der Waals surface area (Å²) in [6.07, 6.45) is 3.27. The van der Waals surface area contributed by atoms with Crippen molar-refractivity contribution in [1.29, 1.82) is 0 Å². The molecule has 2 saturated heterocycles. The minimum atomic E-state index is -4.00. The van der Waals surface area contributed by atoms with Gasteiger partial charge < -0.3 is 15.1 Å². The summed E-state index contributed by atoms with van der Waals surface area (Å²) < 4.78 is 72.9. The molecule has 0 spiro atoms. The van der Waals surface area contributed by atoms with Crippen LogP contribution in [-0.4, -0.2) is 86.3 Å².